The smallest absolute Gasteiger partial charge is 0.191 e. The van der Waals surface area contributed by atoms with Gasteiger partial charge in [0.2, 0.25) is 0 Å². The minimum atomic E-state index is 0. The van der Waals surface area contributed by atoms with E-state index in [0.29, 0.717) is 13.1 Å². The predicted octanol–water partition coefficient (Wildman–Crippen LogP) is 3.11. The molecule has 0 radical (unpaired) electrons. The molecule has 124 valence electrons. The Morgan fingerprint density at radius 2 is 1.71 bits per heavy atom. The molecule has 3 rings (SSSR count). The zero-order valence-corrected chi connectivity index (χ0v) is 15.8. The van der Waals surface area contributed by atoms with Gasteiger partial charge in [0.15, 0.2) is 5.96 Å². The van der Waals surface area contributed by atoms with Crippen molar-refractivity contribution < 1.29 is 0 Å². The van der Waals surface area contributed by atoms with Crippen LogP contribution < -0.4 is 10.6 Å². The maximum Gasteiger partial charge on any atom is 0.191 e. The lowest BCUT2D eigenvalue weighted by Gasteiger charge is -2.12. The van der Waals surface area contributed by atoms with E-state index in [1.165, 1.54) is 5.56 Å². The first-order valence-corrected chi connectivity index (χ1v) is 7.54. The number of para-hydroxylation sites is 1. The molecule has 1 aromatic carbocycles. The minimum absolute atomic E-state index is 0. The van der Waals surface area contributed by atoms with Crippen LogP contribution in [0.1, 0.15) is 11.3 Å². The number of aliphatic imine (C=N–C) groups is 1. The fourth-order valence-corrected chi connectivity index (χ4v) is 2.39. The van der Waals surface area contributed by atoms with E-state index in [2.05, 4.69) is 31.7 Å². The van der Waals surface area contributed by atoms with Crippen molar-refractivity contribution in [2.45, 2.75) is 13.1 Å². The van der Waals surface area contributed by atoms with Crippen LogP contribution in [0.25, 0.3) is 10.9 Å². The number of nitrogens with one attached hydrogen (secondary N) is 2. The van der Waals surface area contributed by atoms with Crippen molar-refractivity contribution in [3.63, 3.8) is 0 Å². The Hall–Kier alpha value is -2.22. The molecule has 0 unspecified atom stereocenters. The summed E-state index contributed by atoms with van der Waals surface area (Å²) in [4.78, 5) is 12.9. The van der Waals surface area contributed by atoms with E-state index in [-0.39, 0.29) is 24.0 Å². The van der Waals surface area contributed by atoms with Crippen molar-refractivity contribution >= 4 is 40.8 Å². The number of halogens is 1. The van der Waals surface area contributed by atoms with Crippen LogP contribution in [0.2, 0.25) is 0 Å². The summed E-state index contributed by atoms with van der Waals surface area (Å²) in [5.41, 5.74) is 3.17. The molecule has 0 spiro atoms. The summed E-state index contributed by atoms with van der Waals surface area (Å²) in [5, 5.41) is 7.75. The van der Waals surface area contributed by atoms with Crippen molar-refractivity contribution in [2.75, 3.05) is 7.05 Å². The maximum atomic E-state index is 4.38. The van der Waals surface area contributed by atoms with Crippen LogP contribution in [-0.4, -0.2) is 23.0 Å². The van der Waals surface area contributed by atoms with E-state index in [1.54, 1.807) is 13.2 Å². The first kappa shape index (κ1) is 18.1. The fraction of sp³-hybridized carbons (Fsp3) is 0.167. The number of pyridine rings is 2. The molecule has 2 N–H and O–H groups in total. The van der Waals surface area contributed by atoms with Gasteiger partial charge < -0.3 is 10.6 Å². The molecule has 2 aromatic heterocycles. The van der Waals surface area contributed by atoms with Gasteiger partial charge in [-0.3, -0.25) is 15.0 Å². The standard InChI is InChI=1S/C18H19N5.HI/c1-19-18(23-13-15-6-4-5-10-20-15)22-12-14-9-11-21-17-8-3-2-7-16(14)17;/h2-11H,12-13H2,1H3,(H2,19,22,23);1H. The highest BCUT2D eigenvalue weighted by Crippen LogP contribution is 2.15. The summed E-state index contributed by atoms with van der Waals surface area (Å²) in [6.07, 6.45) is 3.62. The number of benzene rings is 1. The van der Waals surface area contributed by atoms with Crippen molar-refractivity contribution in [1.82, 2.24) is 20.6 Å². The quantitative estimate of drug-likeness (QED) is 0.377. The Morgan fingerprint density at radius 1 is 0.917 bits per heavy atom. The Morgan fingerprint density at radius 3 is 2.50 bits per heavy atom. The first-order chi connectivity index (χ1) is 11.4. The fourth-order valence-electron chi connectivity index (χ4n) is 2.39. The lowest BCUT2D eigenvalue weighted by Crippen LogP contribution is -2.36. The number of hydrogen-bond donors (Lipinski definition) is 2. The molecule has 5 nitrogen and oxygen atoms in total. The van der Waals surface area contributed by atoms with Gasteiger partial charge in [-0.15, -0.1) is 24.0 Å². The Labute approximate surface area is 158 Å². The largest absolute Gasteiger partial charge is 0.352 e. The summed E-state index contributed by atoms with van der Waals surface area (Å²) in [6.45, 7) is 1.32. The van der Waals surface area contributed by atoms with Gasteiger partial charge in [-0.2, -0.15) is 0 Å². The zero-order chi connectivity index (χ0) is 15.9. The van der Waals surface area contributed by atoms with Gasteiger partial charge in [0, 0.05) is 31.4 Å². The van der Waals surface area contributed by atoms with Gasteiger partial charge >= 0.3 is 0 Å². The maximum absolute atomic E-state index is 4.38. The number of hydrogen-bond acceptors (Lipinski definition) is 3. The van der Waals surface area contributed by atoms with Gasteiger partial charge in [-0.25, -0.2) is 0 Å². The van der Waals surface area contributed by atoms with E-state index < -0.39 is 0 Å². The van der Waals surface area contributed by atoms with Crippen molar-refractivity contribution in [1.29, 1.82) is 0 Å². The molecule has 6 heteroatoms. The second-order valence-electron chi connectivity index (χ2n) is 5.09. The highest BCUT2D eigenvalue weighted by atomic mass is 127. The predicted molar refractivity (Wildman–Crippen MR) is 108 cm³/mol. The van der Waals surface area contributed by atoms with E-state index in [1.807, 2.05) is 48.7 Å². The SMILES string of the molecule is CN=C(NCc1ccccn1)NCc1ccnc2ccccc12.I. The molecule has 3 aromatic rings. The van der Waals surface area contributed by atoms with Gasteiger partial charge in [0.05, 0.1) is 17.8 Å². The molecule has 0 atom stereocenters. The van der Waals surface area contributed by atoms with Crippen molar-refractivity contribution in [3.05, 3.63) is 72.2 Å². The summed E-state index contributed by atoms with van der Waals surface area (Å²) in [7, 11) is 1.76. The lowest BCUT2D eigenvalue weighted by atomic mass is 10.1. The average molecular weight is 433 g/mol. The van der Waals surface area contributed by atoms with Gasteiger partial charge in [0.25, 0.3) is 0 Å². The van der Waals surface area contributed by atoms with E-state index in [0.717, 1.165) is 22.6 Å². The van der Waals surface area contributed by atoms with E-state index in [9.17, 15) is 0 Å². The summed E-state index contributed by atoms with van der Waals surface area (Å²) >= 11 is 0. The topological polar surface area (TPSA) is 62.2 Å². The average Bonchev–Trinajstić information content (AvgIpc) is 2.63. The second-order valence-corrected chi connectivity index (χ2v) is 5.09. The van der Waals surface area contributed by atoms with Crippen LogP contribution in [0.3, 0.4) is 0 Å². The van der Waals surface area contributed by atoms with E-state index >= 15 is 0 Å². The molecule has 24 heavy (non-hydrogen) atoms. The van der Waals surface area contributed by atoms with Crippen LogP contribution in [0.15, 0.2) is 65.9 Å². The van der Waals surface area contributed by atoms with Crippen LogP contribution in [-0.2, 0) is 13.1 Å². The van der Waals surface area contributed by atoms with Crippen molar-refractivity contribution in [3.8, 4) is 0 Å². The van der Waals surface area contributed by atoms with Crippen LogP contribution in [0, 0.1) is 0 Å². The molecule has 0 aliphatic heterocycles. The first-order valence-electron chi connectivity index (χ1n) is 7.54. The lowest BCUT2D eigenvalue weighted by molar-refractivity contribution is 0.796. The Kier molecular flexibility index (Phi) is 6.92. The third kappa shape index (κ3) is 4.64. The normalized spacial score (nSPS) is 11.0. The van der Waals surface area contributed by atoms with E-state index in [4.69, 9.17) is 0 Å². The molecule has 0 saturated carbocycles. The zero-order valence-electron chi connectivity index (χ0n) is 13.4. The summed E-state index contributed by atoms with van der Waals surface area (Å²) in [6, 6.07) is 16.0. The third-order valence-corrected chi connectivity index (χ3v) is 3.57. The van der Waals surface area contributed by atoms with Crippen LogP contribution in [0.5, 0.6) is 0 Å². The monoisotopic (exact) mass is 433 g/mol. The van der Waals surface area contributed by atoms with Crippen LogP contribution >= 0.6 is 24.0 Å². The minimum Gasteiger partial charge on any atom is -0.352 e. The van der Waals surface area contributed by atoms with Gasteiger partial charge in [-0.05, 0) is 29.8 Å². The molecule has 0 fully saturated rings. The number of rotatable bonds is 4. The molecule has 2 heterocycles. The number of guanidine groups is 1. The molecular formula is C18H20IN5. The molecule has 0 aliphatic rings. The van der Waals surface area contributed by atoms with Crippen molar-refractivity contribution in [2.24, 2.45) is 4.99 Å². The number of aromatic nitrogens is 2. The Balaban J connectivity index is 0.00000208. The molecule has 0 bridgehead atoms. The van der Waals surface area contributed by atoms with Gasteiger partial charge in [0.1, 0.15) is 0 Å². The molecule has 0 amide bonds. The highest BCUT2D eigenvalue weighted by molar-refractivity contribution is 14.0. The second kappa shape index (κ2) is 9.17. The molecule has 0 saturated heterocycles. The highest BCUT2D eigenvalue weighted by Gasteiger charge is 2.03. The molecular weight excluding hydrogens is 413 g/mol. The number of nitrogens with zero attached hydrogens (tertiary/aromatic N) is 3. The third-order valence-electron chi connectivity index (χ3n) is 3.57. The van der Waals surface area contributed by atoms with Gasteiger partial charge in [-0.1, -0.05) is 24.3 Å². The Bertz CT molecular complexity index is 799. The summed E-state index contributed by atoms with van der Waals surface area (Å²) < 4.78 is 0. The summed E-state index contributed by atoms with van der Waals surface area (Å²) in [5.74, 6) is 0.747. The number of fused-ring (bicyclic) bond motifs is 1. The molecule has 0 aliphatic carbocycles. The van der Waals surface area contributed by atoms with Crippen LogP contribution in [0.4, 0.5) is 0 Å².